The van der Waals surface area contributed by atoms with Crippen molar-refractivity contribution in [2.75, 3.05) is 39.5 Å². The van der Waals surface area contributed by atoms with Crippen molar-refractivity contribution < 1.29 is 28.2 Å². The summed E-state index contributed by atoms with van der Waals surface area (Å²) in [5, 5.41) is 13.9. The van der Waals surface area contributed by atoms with Crippen molar-refractivity contribution in [1.82, 2.24) is 15.1 Å². The Bertz CT molecular complexity index is 1230. The Morgan fingerprint density at radius 2 is 1.55 bits per heavy atom. The smallest absolute Gasteiger partial charge is 0.257 e. The summed E-state index contributed by atoms with van der Waals surface area (Å²) in [6.07, 6.45) is -0.608. The molecule has 2 heterocycles. The number of ether oxygens (including phenoxy) is 2. The number of carbonyl (C=O) groups is 1. The molecule has 1 amide bonds. The minimum atomic E-state index is -0.936. The maximum atomic E-state index is 14.2. The summed E-state index contributed by atoms with van der Waals surface area (Å²) in [6.45, 7) is 4.49. The minimum absolute atomic E-state index is 0.251. The molecule has 200 valence electrons. The molecule has 0 aromatic heterocycles. The molecule has 3 aromatic rings. The van der Waals surface area contributed by atoms with Gasteiger partial charge in [-0.15, -0.1) is 0 Å². The number of nitrogens with one attached hydrogen (secondary N) is 1. The fourth-order valence-electron chi connectivity index (χ4n) is 4.93. The first kappa shape index (κ1) is 26.1. The molecular weight excluding hydrogens is 492 g/mol. The van der Waals surface area contributed by atoms with E-state index >= 15 is 0 Å². The maximum Gasteiger partial charge on any atom is 0.257 e. The zero-order chi connectivity index (χ0) is 26.5. The molecule has 2 atom stereocenters. The molecule has 0 aliphatic carbocycles. The molecular formula is C29H31F2N3O4. The van der Waals surface area contributed by atoms with Crippen LogP contribution >= 0.6 is 0 Å². The second kappa shape index (κ2) is 11.9. The largest absolute Gasteiger partial charge is 0.454 e. The average molecular weight is 524 g/mol. The number of hydrogen-bond acceptors (Lipinski definition) is 6. The Hall–Kier alpha value is -3.53. The van der Waals surface area contributed by atoms with Crippen LogP contribution < -0.4 is 14.8 Å². The molecule has 1 fully saturated rings. The molecule has 5 rings (SSSR count). The first-order valence-electron chi connectivity index (χ1n) is 12.8. The van der Waals surface area contributed by atoms with Crippen molar-refractivity contribution in [3.8, 4) is 11.5 Å². The van der Waals surface area contributed by atoms with E-state index in [2.05, 4.69) is 15.1 Å². The van der Waals surface area contributed by atoms with E-state index in [-0.39, 0.29) is 6.79 Å². The third-order valence-electron chi connectivity index (χ3n) is 7.02. The van der Waals surface area contributed by atoms with Gasteiger partial charge < -0.3 is 19.9 Å². The highest BCUT2D eigenvalue weighted by molar-refractivity contribution is 5.95. The van der Waals surface area contributed by atoms with Gasteiger partial charge in [-0.3, -0.25) is 14.6 Å². The number of fused-ring (bicyclic) bond motifs is 1. The van der Waals surface area contributed by atoms with Crippen molar-refractivity contribution in [3.63, 3.8) is 0 Å². The Labute approximate surface area is 220 Å². The predicted octanol–water partition coefficient (Wildman–Crippen LogP) is 3.21. The lowest BCUT2D eigenvalue weighted by molar-refractivity contribution is 0.0476. The van der Waals surface area contributed by atoms with Crippen LogP contribution in [0.4, 0.5) is 8.78 Å². The number of aliphatic hydroxyl groups is 1. The van der Waals surface area contributed by atoms with Crippen LogP contribution in [-0.4, -0.2) is 72.5 Å². The summed E-state index contributed by atoms with van der Waals surface area (Å²) >= 11 is 0. The standard InChI is InChI=1S/C29H31F2N3O4/c30-22-7-4-8-23(31)28(22)29(36)32-24(15-20-5-2-1-3-6-20)25(35)18-34-13-11-33(12-14-34)17-21-9-10-26-27(16-21)38-19-37-26/h1-10,16,24-25,35H,11-15,17-19H2,(H,32,36)/t24-,25+/m0/s1. The number of β-amino-alcohol motifs (C(OH)–C–C–N with tert-alkyl or cyclic N) is 1. The topological polar surface area (TPSA) is 74.3 Å². The van der Waals surface area contributed by atoms with Gasteiger partial charge in [0.2, 0.25) is 6.79 Å². The summed E-state index contributed by atoms with van der Waals surface area (Å²) in [5.74, 6) is -1.22. The second-order valence-corrected chi connectivity index (χ2v) is 9.70. The molecule has 2 aliphatic rings. The number of halogens is 2. The number of benzene rings is 3. The quantitative estimate of drug-likeness (QED) is 0.449. The van der Waals surface area contributed by atoms with Gasteiger partial charge in [0, 0.05) is 39.3 Å². The second-order valence-electron chi connectivity index (χ2n) is 9.70. The third kappa shape index (κ3) is 6.30. The minimum Gasteiger partial charge on any atom is -0.454 e. The van der Waals surface area contributed by atoms with E-state index < -0.39 is 35.3 Å². The van der Waals surface area contributed by atoms with Crippen LogP contribution in [0.5, 0.6) is 11.5 Å². The molecule has 2 aliphatic heterocycles. The van der Waals surface area contributed by atoms with Gasteiger partial charge in [0.15, 0.2) is 11.5 Å². The molecule has 9 heteroatoms. The summed E-state index contributed by atoms with van der Waals surface area (Å²) in [5.41, 5.74) is 1.41. The number of piperazine rings is 1. The fourth-order valence-corrected chi connectivity index (χ4v) is 4.93. The maximum absolute atomic E-state index is 14.2. The fraction of sp³-hybridized carbons (Fsp3) is 0.345. The number of amides is 1. The van der Waals surface area contributed by atoms with Gasteiger partial charge >= 0.3 is 0 Å². The van der Waals surface area contributed by atoms with Gasteiger partial charge in [-0.25, -0.2) is 8.78 Å². The van der Waals surface area contributed by atoms with Crippen LogP contribution in [0.15, 0.2) is 66.7 Å². The summed E-state index contributed by atoms with van der Waals surface area (Å²) in [6, 6.07) is 18.0. The van der Waals surface area contributed by atoms with Crippen LogP contribution in [0.2, 0.25) is 0 Å². The van der Waals surface area contributed by atoms with Crippen LogP contribution in [-0.2, 0) is 13.0 Å². The Balaban J connectivity index is 1.19. The molecule has 0 unspecified atom stereocenters. The summed E-state index contributed by atoms with van der Waals surface area (Å²) in [7, 11) is 0. The highest BCUT2D eigenvalue weighted by Crippen LogP contribution is 2.32. The Kier molecular flexibility index (Phi) is 8.17. The van der Waals surface area contributed by atoms with E-state index in [4.69, 9.17) is 9.47 Å². The number of rotatable bonds is 9. The number of hydrogen-bond donors (Lipinski definition) is 2. The van der Waals surface area contributed by atoms with Gasteiger partial charge in [-0.2, -0.15) is 0 Å². The first-order valence-corrected chi connectivity index (χ1v) is 12.8. The highest BCUT2D eigenvalue weighted by atomic mass is 19.1. The van der Waals surface area contributed by atoms with Crippen molar-refractivity contribution in [3.05, 3.63) is 95.1 Å². The van der Waals surface area contributed by atoms with E-state index in [1.165, 1.54) is 6.07 Å². The van der Waals surface area contributed by atoms with E-state index in [1.54, 1.807) is 0 Å². The summed E-state index contributed by atoms with van der Waals surface area (Å²) in [4.78, 5) is 17.3. The van der Waals surface area contributed by atoms with E-state index in [9.17, 15) is 18.7 Å². The number of nitrogens with zero attached hydrogens (tertiary/aromatic N) is 2. The van der Waals surface area contributed by atoms with Gasteiger partial charge in [0.1, 0.15) is 17.2 Å². The molecule has 0 saturated carbocycles. The Morgan fingerprint density at radius 1 is 0.868 bits per heavy atom. The van der Waals surface area contributed by atoms with Crippen LogP contribution in [0, 0.1) is 11.6 Å². The van der Waals surface area contributed by atoms with E-state index in [0.717, 1.165) is 67.5 Å². The van der Waals surface area contributed by atoms with Crippen LogP contribution in [0.25, 0.3) is 0 Å². The van der Waals surface area contributed by atoms with Crippen molar-refractivity contribution in [1.29, 1.82) is 0 Å². The monoisotopic (exact) mass is 523 g/mol. The first-order chi connectivity index (χ1) is 18.5. The van der Waals surface area contributed by atoms with Gasteiger partial charge in [0.25, 0.3) is 5.91 Å². The van der Waals surface area contributed by atoms with Crippen molar-refractivity contribution in [2.24, 2.45) is 0 Å². The molecule has 0 bridgehead atoms. The zero-order valence-corrected chi connectivity index (χ0v) is 21.0. The molecule has 0 radical (unpaired) electrons. The lowest BCUT2D eigenvalue weighted by Crippen LogP contribution is -2.53. The SMILES string of the molecule is O=C(N[C@@H](Cc1ccccc1)[C@H](O)CN1CCN(Cc2ccc3c(c2)OCO3)CC1)c1c(F)cccc1F. The molecule has 1 saturated heterocycles. The van der Waals surface area contributed by atoms with E-state index in [0.29, 0.717) is 13.0 Å². The lowest BCUT2D eigenvalue weighted by Gasteiger charge is -2.37. The van der Waals surface area contributed by atoms with Gasteiger partial charge in [0.05, 0.1) is 12.1 Å². The van der Waals surface area contributed by atoms with Crippen molar-refractivity contribution >= 4 is 5.91 Å². The van der Waals surface area contributed by atoms with Crippen molar-refractivity contribution in [2.45, 2.75) is 25.1 Å². The highest BCUT2D eigenvalue weighted by Gasteiger charge is 2.28. The normalized spacial score (nSPS) is 17.2. The Morgan fingerprint density at radius 3 is 2.29 bits per heavy atom. The van der Waals surface area contributed by atoms with Gasteiger partial charge in [-0.1, -0.05) is 42.5 Å². The van der Waals surface area contributed by atoms with E-state index in [1.807, 2.05) is 48.5 Å². The molecule has 7 nitrogen and oxygen atoms in total. The molecule has 0 spiro atoms. The summed E-state index contributed by atoms with van der Waals surface area (Å²) < 4.78 is 39.3. The zero-order valence-electron chi connectivity index (χ0n) is 21.0. The third-order valence-corrected chi connectivity index (χ3v) is 7.02. The molecule has 38 heavy (non-hydrogen) atoms. The lowest BCUT2D eigenvalue weighted by atomic mass is 9.99. The molecule has 2 N–H and O–H groups in total. The number of carbonyl (C=O) groups excluding carboxylic acids is 1. The molecule has 3 aromatic carbocycles. The van der Waals surface area contributed by atoms with Gasteiger partial charge in [-0.05, 0) is 41.8 Å². The average Bonchev–Trinajstić information content (AvgIpc) is 3.38. The number of aliphatic hydroxyl groups excluding tert-OH is 1. The predicted molar refractivity (Wildman–Crippen MR) is 138 cm³/mol. The van der Waals surface area contributed by atoms with Crippen LogP contribution in [0.3, 0.4) is 0 Å². The van der Waals surface area contributed by atoms with Crippen LogP contribution in [0.1, 0.15) is 21.5 Å².